The van der Waals surface area contributed by atoms with E-state index in [-0.39, 0.29) is 0 Å². The lowest BCUT2D eigenvalue weighted by atomic mass is 10.1. The number of benzene rings is 2. The minimum atomic E-state index is 0.614. The van der Waals surface area contributed by atoms with Crippen LogP contribution in [0.15, 0.2) is 36.4 Å². The summed E-state index contributed by atoms with van der Waals surface area (Å²) in [5.41, 5.74) is 1.87. The molecule has 0 amide bonds. The molecule has 0 aliphatic carbocycles. The molecule has 0 aliphatic heterocycles. The molecule has 104 valence electrons. The summed E-state index contributed by atoms with van der Waals surface area (Å²) >= 11 is 12.0. The maximum atomic E-state index is 6.13. The summed E-state index contributed by atoms with van der Waals surface area (Å²) in [7, 11) is 3.25. The van der Waals surface area contributed by atoms with E-state index in [1.165, 1.54) is 0 Å². The van der Waals surface area contributed by atoms with Crippen LogP contribution in [0.25, 0.3) is 12.2 Å². The van der Waals surface area contributed by atoms with E-state index in [4.69, 9.17) is 32.7 Å². The Balaban J connectivity index is 2.30. The van der Waals surface area contributed by atoms with E-state index in [1.807, 2.05) is 36.4 Å². The van der Waals surface area contributed by atoms with Crippen molar-refractivity contribution in [2.24, 2.45) is 0 Å². The monoisotopic (exact) mass is 308 g/mol. The third-order valence-corrected chi connectivity index (χ3v) is 3.35. The third-order valence-electron chi connectivity index (χ3n) is 2.79. The molecule has 2 aromatic carbocycles. The van der Waals surface area contributed by atoms with Crippen molar-refractivity contribution < 1.29 is 9.47 Å². The van der Waals surface area contributed by atoms with Crippen LogP contribution >= 0.6 is 23.2 Å². The zero-order valence-corrected chi connectivity index (χ0v) is 12.7. The van der Waals surface area contributed by atoms with Gasteiger partial charge in [0.2, 0.25) is 0 Å². The Morgan fingerprint density at radius 3 is 2.05 bits per heavy atom. The van der Waals surface area contributed by atoms with Crippen molar-refractivity contribution in [1.82, 2.24) is 0 Å². The quantitative estimate of drug-likeness (QED) is 0.724. The highest BCUT2D eigenvalue weighted by atomic mass is 35.5. The Labute approximate surface area is 128 Å². The third kappa shape index (κ3) is 3.69. The van der Waals surface area contributed by atoms with Gasteiger partial charge in [-0.05, 0) is 35.4 Å². The lowest BCUT2D eigenvalue weighted by Gasteiger charge is -2.06. The van der Waals surface area contributed by atoms with Crippen molar-refractivity contribution in [3.05, 3.63) is 57.6 Å². The molecule has 0 atom stereocenters. The lowest BCUT2D eigenvalue weighted by molar-refractivity contribution is 0.394. The second-order valence-electron chi connectivity index (χ2n) is 4.15. The van der Waals surface area contributed by atoms with E-state index in [0.29, 0.717) is 10.0 Å². The smallest absolute Gasteiger partial charge is 0.123 e. The van der Waals surface area contributed by atoms with E-state index in [9.17, 15) is 0 Å². The minimum Gasteiger partial charge on any atom is -0.497 e. The van der Waals surface area contributed by atoms with Gasteiger partial charge in [0.15, 0.2) is 0 Å². The SMILES string of the molecule is COc1cc(/C=C/c2ccc(Cl)cc2Cl)cc(OC)c1. The average Bonchev–Trinajstić information content (AvgIpc) is 2.46. The molecule has 0 radical (unpaired) electrons. The summed E-state index contributed by atoms with van der Waals surface area (Å²) < 4.78 is 10.5. The van der Waals surface area contributed by atoms with Crippen LogP contribution in [0.1, 0.15) is 11.1 Å². The van der Waals surface area contributed by atoms with Crippen molar-refractivity contribution in [3.8, 4) is 11.5 Å². The molecule has 4 heteroatoms. The van der Waals surface area contributed by atoms with E-state index >= 15 is 0 Å². The molecular formula is C16H14Cl2O2. The first-order valence-corrected chi connectivity index (χ1v) is 6.74. The summed E-state index contributed by atoms with van der Waals surface area (Å²) in [6.45, 7) is 0. The first-order valence-electron chi connectivity index (χ1n) is 5.98. The van der Waals surface area contributed by atoms with E-state index in [2.05, 4.69) is 0 Å². The van der Waals surface area contributed by atoms with Gasteiger partial charge in [-0.15, -0.1) is 0 Å². The maximum Gasteiger partial charge on any atom is 0.123 e. The van der Waals surface area contributed by atoms with Gasteiger partial charge in [0.25, 0.3) is 0 Å². The van der Waals surface area contributed by atoms with Gasteiger partial charge in [-0.25, -0.2) is 0 Å². The molecule has 20 heavy (non-hydrogen) atoms. The summed E-state index contributed by atoms with van der Waals surface area (Å²) in [6, 6.07) is 11.1. The van der Waals surface area contributed by atoms with E-state index in [0.717, 1.165) is 22.6 Å². The standard InChI is InChI=1S/C16H14Cl2O2/c1-19-14-7-11(8-15(10-14)20-2)3-4-12-5-6-13(17)9-16(12)18/h3-10H,1-2H3/b4-3+. The molecule has 0 aliphatic rings. The molecule has 0 spiro atoms. The number of methoxy groups -OCH3 is 2. The van der Waals surface area contributed by atoms with Gasteiger partial charge in [0.1, 0.15) is 11.5 Å². The normalized spacial score (nSPS) is 10.8. The predicted octanol–water partition coefficient (Wildman–Crippen LogP) is 5.18. The minimum absolute atomic E-state index is 0.614. The van der Waals surface area contributed by atoms with Gasteiger partial charge in [-0.2, -0.15) is 0 Å². The second-order valence-corrected chi connectivity index (χ2v) is 4.99. The van der Waals surface area contributed by atoms with Crippen molar-refractivity contribution in [1.29, 1.82) is 0 Å². The zero-order valence-electron chi connectivity index (χ0n) is 11.2. The van der Waals surface area contributed by atoms with Crippen LogP contribution in [-0.2, 0) is 0 Å². The van der Waals surface area contributed by atoms with E-state index < -0.39 is 0 Å². The number of rotatable bonds is 4. The van der Waals surface area contributed by atoms with Crippen LogP contribution in [0.5, 0.6) is 11.5 Å². The lowest BCUT2D eigenvalue weighted by Crippen LogP contribution is -1.88. The van der Waals surface area contributed by atoms with Crippen LogP contribution in [0.3, 0.4) is 0 Å². The summed E-state index contributed by atoms with van der Waals surface area (Å²) in [5, 5.41) is 1.24. The molecule has 0 bridgehead atoms. The Morgan fingerprint density at radius 2 is 1.50 bits per heavy atom. The Kier molecular flexibility index (Phi) is 4.94. The van der Waals surface area contributed by atoms with E-state index in [1.54, 1.807) is 26.4 Å². The number of ether oxygens (including phenoxy) is 2. The molecule has 0 aromatic heterocycles. The fraction of sp³-hybridized carbons (Fsp3) is 0.125. The predicted molar refractivity (Wildman–Crippen MR) is 84.9 cm³/mol. The van der Waals surface area contributed by atoms with Gasteiger partial charge in [-0.3, -0.25) is 0 Å². The topological polar surface area (TPSA) is 18.5 Å². The highest BCUT2D eigenvalue weighted by molar-refractivity contribution is 6.35. The molecule has 0 saturated heterocycles. The molecule has 0 fully saturated rings. The Bertz CT molecular complexity index is 614. The second kappa shape index (κ2) is 6.69. The largest absolute Gasteiger partial charge is 0.497 e. The van der Waals surface area contributed by atoms with Crippen LogP contribution in [0.4, 0.5) is 0 Å². The highest BCUT2D eigenvalue weighted by Crippen LogP contribution is 2.26. The number of hydrogen-bond acceptors (Lipinski definition) is 2. The molecule has 0 heterocycles. The van der Waals surface area contributed by atoms with Crippen LogP contribution < -0.4 is 9.47 Å². The number of hydrogen-bond donors (Lipinski definition) is 0. The van der Waals surface area contributed by atoms with Crippen LogP contribution in [0, 0.1) is 0 Å². The summed E-state index contributed by atoms with van der Waals surface area (Å²) in [4.78, 5) is 0. The van der Waals surface area contributed by atoms with Crippen molar-refractivity contribution in [2.75, 3.05) is 14.2 Å². The average molecular weight is 309 g/mol. The van der Waals surface area contributed by atoms with Crippen LogP contribution in [0.2, 0.25) is 10.0 Å². The molecule has 2 rings (SSSR count). The van der Waals surface area contributed by atoms with Gasteiger partial charge in [0, 0.05) is 16.1 Å². The Morgan fingerprint density at radius 1 is 0.850 bits per heavy atom. The van der Waals surface area contributed by atoms with Gasteiger partial charge >= 0.3 is 0 Å². The van der Waals surface area contributed by atoms with Gasteiger partial charge in [-0.1, -0.05) is 41.4 Å². The first-order chi connectivity index (χ1) is 9.62. The molecule has 0 unspecified atom stereocenters. The summed E-state index contributed by atoms with van der Waals surface area (Å²) in [6.07, 6.45) is 3.87. The van der Waals surface area contributed by atoms with Crippen molar-refractivity contribution in [3.63, 3.8) is 0 Å². The number of halogens is 2. The fourth-order valence-corrected chi connectivity index (χ4v) is 2.22. The maximum absolute atomic E-state index is 6.13. The van der Waals surface area contributed by atoms with Crippen molar-refractivity contribution in [2.45, 2.75) is 0 Å². The van der Waals surface area contributed by atoms with Gasteiger partial charge < -0.3 is 9.47 Å². The molecule has 0 saturated carbocycles. The zero-order chi connectivity index (χ0) is 14.5. The molecular weight excluding hydrogens is 295 g/mol. The highest BCUT2D eigenvalue weighted by Gasteiger charge is 2.01. The fourth-order valence-electron chi connectivity index (χ4n) is 1.75. The Hall–Kier alpha value is -1.64. The van der Waals surface area contributed by atoms with Crippen LogP contribution in [-0.4, -0.2) is 14.2 Å². The summed E-state index contributed by atoms with van der Waals surface area (Å²) in [5.74, 6) is 1.48. The first kappa shape index (κ1) is 14.8. The van der Waals surface area contributed by atoms with Gasteiger partial charge in [0.05, 0.1) is 14.2 Å². The molecule has 2 nitrogen and oxygen atoms in total. The molecule has 0 N–H and O–H groups in total. The molecule has 2 aromatic rings. The van der Waals surface area contributed by atoms with Crippen molar-refractivity contribution >= 4 is 35.4 Å².